The second-order valence-electron chi connectivity index (χ2n) is 3.36. The highest BCUT2D eigenvalue weighted by Crippen LogP contribution is 2.23. The van der Waals surface area contributed by atoms with Crippen LogP contribution in [0.2, 0.25) is 5.28 Å². The van der Waals surface area contributed by atoms with Crippen molar-refractivity contribution < 1.29 is 5.11 Å². The molecule has 1 aliphatic rings. The van der Waals surface area contributed by atoms with Gasteiger partial charge in [-0.2, -0.15) is 0 Å². The number of hydrogen-bond donors (Lipinski definition) is 1. The van der Waals surface area contributed by atoms with Crippen molar-refractivity contribution in [2.24, 2.45) is 0 Å². The van der Waals surface area contributed by atoms with Gasteiger partial charge in [0.1, 0.15) is 5.82 Å². The molecule has 1 atom stereocenters. The van der Waals surface area contributed by atoms with Gasteiger partial charge >= 0.3 is 0 Å². The molecular weight excluding hydrogens is 202 g/mol. The topological polar surface area (TPSA) is 49.2 Å². The van der Waals surface area contributed by atoms with Crippen LogP contribution in [-0.4, -0.2) is 34.3 Å². The number of rotatable bonds is 2. The van der Waals surface area contributed by atoms with Crippen molar-refractivity contribution >= 4 is 17.4 Å². The molecule has 2 heterocycles. The molecule has 4 nitrogen and oxygen atoms in total. The third kappa shape index (κ3) is 1.81. The highest BCUT2D eigenvalue weighted by molar-refractivity contribution is 6.28. The van der Waals surface area contributed by atoms with E-state index in [1.165, 1.54) is 0 Å². The highest BCUT2D eigenvalue weighted by Gasteiger charge is 2.24. The molecule has 5 heteroatoms. The van der Waals surface area contributed by atoms with Crippen molar-refractivity contribution in [2.75, 3.05) is 18.1 Å². The average molecular weight is 214 g/mol. The normalized spacial score (nSPS) is 21.6. The van der Waals surface area contributed by atoms with Gasteiger partial charge in [-0.15, -0.1) is 0 Å². The van der Waals surface area contributed by atoms with Gasteiger partial charge in [-0.05, 0) is 30.5 Å². The Bertz CT molecular complexity index is 321. The molecule has 1 fully saturated rings. The monoisotopic (exact) mass is 213 g/mol. The summed E-state index contributed by atoms with van der Waals surface area (Å²) in [6, 6.07) is 2.00. The molecule has 0 aromatic carbocycles. The molecule has 0 aliphatic carbocycles. The Kier molecular flexibility index (Phi) is 2.84. The number of hydrogen-bond acceptors (Lipinski definition) is 4. The molecule has 2 rings (SSSR count). The number of anilines is 1. The second kappa shape index (κ2) is 4.11. The van der Waals surface area contributed by atoms with Crippen LogP contribution < -0.4 is 4.90 Å². The van der Waals surface area contributed by atoms with Gasteiger partial charge in [-0.3, -0.25) is 0 Å². The van der Waals surface area contributed by atoms with Crippen LogP contribution in [0.15, 0.2) is 12.3 Å². The van der Waals surface area contributed by atoms with Gasteiger partial charge in [-0.25, -0.2) is 9.97 Å². The minimum absolute atomic E-state index is 0.168. The van der Waals surface area contributed by atoms with Crippen molar-refractivity contribution in [3.05, 3.63) is 17.5 Å². The summed E-state index contributed by atoms with van der Waals surface area (Å²) in [5.74, 6) is 0.807. The maximum absolute atomic E-state index is 9.15. The maximum Gasteiger partial charge on any atom is 0.224 e. The molecule has 1 aliphatic heterocycles. The Labute approximate surface area is 87.5 Å². The smallest absolute Gasteiger partial charge is 0.224 e. The van der Waals surface area contributed by atoms with E-state index in [2.05, 4.69) is 14.9 Å². The minimum atomic E-state index is 0.168. The van der Waals surface area contributed by atoms with E-state index >= 15 is 0 Å². The summed E-state index contributed by atoms with van der Waals surface area (Å²) in [7, 11) is 0. The summed E-state index contributed by atoms with van der Waals surface area (Å²) >= 11 is 5.70. The van der Waals surface area contributed by atoms with Crippen LogP contribution in [0.3, 0.4) is 0 Å². The first-order valence-electron chi connectivity index (χ1n) is 4.67. The molecule has 0 unspecified atom stereocenters. The summed E-state index contributed by atoms with van der Waals surface area (Å²) in [6.45, 7) is 1.10. The third-order valence-corrected chi connectivity index (χ3v) is 2.68. The lowest BCUT2D eigenvalue weighted by Crippen LogP contribution is -2.32. The SMILES string of the molecule is OC[C@H]1CCCN1c1ccnc(Cl)n1. The summed E-state index contributed by atoms with van der Waals surface area (Å²) in [4.78, 5) is 10.0. The van der Waals surface area contributed by atoms with Crippen molar-refractivity contribution in [3.63, 3.8) is 0 Å². The average Bonchev–Trinajstić information content (AvgIpc) is 2.65. The summed E-state index contributed by atoms with van der Waals surface area (Å²) < 4.78 is 0. The first-order chi connectivity index (χ1) is 6.81. The number of aliphatic hydroxyl groups is 1. The minimum Gasteiger partial charge on any atom is -0.394 e. The van der Waals surface area contributed by atoms with E-state index in [0.717, 1.165) is 25.2 Å². The van der Waals surface area contributed by atoms with Crippen molar-refractivity contribution in [2.45, 2.75) is 18.9 Å². The molecule has 76 valence electrons. The molecule has 0 spiro atoms. The first kappa shape index (κ1) is 9.68. The lowest BCUT2D eigenvalue weighted by Gasteiger charge is -2.23. The van der Waals surface area contributed by atoms with Crippen LogP contribution in [0.5, 0.6) is 0 Å². The van der Waals surface area contributed by atoms with Crippen LogP contribution >= 0.6 is 11.6 Å². The standard InChI is InChI=1S/C9H12ClN3O/c10-9-11-4-3-8(12-9)13-5-1-2-7(13)6-14/h3-4,7,14H,1-2,5-6H2/t7-/m1/s1. The van der Waals surface area contributed by atoms with E-state index in [4.69, 9.17) is 16.7 Å². The Morgan fingerprint density at radius 3 is 3.21 bits per heavy atom. The van der Waals surface area contributed by atoms with Crippen LogP contribution in [0, 0.1) is 0 Å². The van der Waals surface area contributed by atoms with E-state index in [1.54, 1.807) is 6.20 Å². The predicted octanol–water partition coefficient (Wildman–Crippen LogP) is 1.09. The summed E-state index contributed by atoms with van der Waals surface area (Å²) in [6.07, 6.45) is 3.74. The fraction of sp³-hybridized carbons (Fsp3) is 0.556. The molecule has 1 aromatic heterocycles. The van der Waals surface area contributed by atoms with Gasteiger partial charge in [0.2, 0.25) is 5.28 Å². The third-order valence-electron chi connectivity index (χ3n) is 2.49. The van der Waals surface area contributed by atoms with Gasteiger partial charge in [0, 0.05) is 12.7 Å². The fourth-order valence-electron chi connectivity index (χ4n) is 1.81. The quantitative estimate of drug-likeness (QED) is 0.748. The largest absolute Gasteiger partial charge is 0.394 e. The molecule has 1 N–H and O–H groups in total. The van der Waals surface area contributed by atoms with Gasteiger partial charge in [0.15, 0.2) is 0 Å². The molecule has 14 heavy (non-hydrogen) atoms. The maximum atomic E-state index is 9.15. The zero-order valence-corrected chi connectivity index (χ0v) is 8.48. The summed E-state index contributed by atoms with van der Waals surface area (Å²) in [5, 5.41) is 9.40. The Morgan fingerprint density at radius 2 is 2.50 bits per heavy atom. The van der Waals surface area contributed by atoms with Crippen LogP contribution in [0.4, 0.5) is 5.82 Å². The summed E-state index contributed by atoms with van der Waals surface area (Å²) in [5.41, 5.74) is 0. The Balaban J connectivity index is 2.21. The number of halogens is 1. The zero-order valence-electron chi connectivity index (χ0n) is 7.73. The molecule has 1 saturated heterocycles. The van der Waals surface area contributed by atoms with E-state index < -0.39 is 0 Å². The van der Waals surface area contributed by atoms with Gasteiger partial charge < -0.3 is 10.0 Å². The van der Waals surface area contributed by atoms with Crippen molar-refractivity contribution in [3.8, 4) is 0 Å². The van der Waals surface area contributed by atoms with Crippen molar-refractivity contribution in [1.29, 1.82) is 0 Å². The van der Waals surface area contributed by atoms with Gasteiger partial charge in [0.05, 0.1) is 12.6 Å². The van der Waals surface area contributed by atoms with E-state index in [9.17, 15) is 0 Å². The van der Waals surface area contributed by atoms with Gasteiger partial charge in [0.25, 0.3) is 0 Å². The lowest BCUT2D eigenvalue weighted by atomic mass is 10.2. The zero-order chi connectivity index (χ0) is 9.97. The van der Waals surface area contributed by atoms with E-state index in [0.29, 0.717) is 0 Å². The molecular formula is C9H12ClN3O. The first-order valence-corrected chi connectivity index (χ1v) is 5.05. The predicted molar refractivity (Wildman–Crippen MR) is 54.5 cm³/mol. The second-order valence-corrected chi connectivity index (χ2v) is 3.69. The van der Waals surface area contributed by atoms with Crippen LogP contribution in [-0.2, 0) is 0 Å². The van der Waals surface area contributed by atoms with Gasteiger partial charge in [-0.1, -0.05) is 0 Å². The lowest BCUT2D eigenvalue weighted by molar-refractivity contribution is 0.266. The molecule has 0 radical (unpaired) electrons. The Hall–Kier alpha value is -0.870. The fourth-order valence-corrected chi connectivity index (χ4v) is 1.96. The van der Waals surface area contributed by atoms with E-state index in [1.807, 2.05) is 6.07 Å². The Morgan fingerprint density at radius 1 is 1.64 bits per heavy atom. The number of aliphatic hydroxyl groups excluding tert-OH is 1. The number of nitrogens with zero attached hydrogens (tertiary/aromatic N) is 3. The van der Waals surface area contributed by atoms with Crippen LogP contribution in [0.1, 0.15) is 12.8 Å². The molecule has 0 saturated carbocycles. The molecule has 1 aromatic rings. The number of aromatic nitrogens is 2. The van der Waals surface area contributed by atoms with Crippen molar-refractivity contribution in [1.82, 2.24) is 9.97 Å². The molecule has 0 bridgehead atoms. The highest BCUT2D eigenvalue weighted by atomic mass is 35.5. The van der Waals surface area contributed by atoms with Crippen LogP contribution in [0.25, 0.3) is 0 Å². The molecule has 0 amide bonds. The van der Waals surface area contributed by atoms with E-state index in [-0.39, 0.29) is 17.9 Å².